The fraction of sp³-hybridized carbons (Fsp3) is 0.125. The maximum absolute atomic E-state index is 13.0. The molecule has 0 N–H and O–H groups in total. The van der Waals surface area contributed by atoms with Crippen LogP contribution >= 0.6 is 11.6 Å². The van der Waals surface area contributed by atoms with Crippen LogP contribution in [0.25, 0.3) is 0 Å². The van der Waals surface area contributed by atoms with Crippen LogP contribution in [0.3, 0.4) is 0 Å². The SMILES string of the molecule is N#CC(N=O)c1c(F)cccc1Cl. The number of hydrogen-bond donors (Lipinski definition) is 0. The van der Waals surface area contributed by atoms with E-state index in [1.165, 1.54) is 12.1 Å². The molecule has 0 fully saturated rings. The number of nitriles is 1. The summed E-state index contributed by atoms with van der Waals surface area (Å²) in [6.07, 6.45) is 0. The predicted molar refractivity (Wildman–Crippen MR) is 45.6 cm³/mol. The smallest absolute Gasteiger partial charge is 0.207 e. The maximum Gasteiger partial charge on any atom is 0.207 e. The summed E-state index contributed by atoms with van der Waals surface area (Å²) in [6.45, 7) is 0. The van der Waals surface area contributed by atoms with Crippen LogP contribution in [0.2, 0.25) is 5.02 Å². The van der Waals surface area contributed by atoms with Gasteiger partial charge in [0.25, 0.3) is 0 Å². The Morgan fingerprint density at radius 3 is 2.77 bits per heavy atom. The van der Waals surface area contributed by atoms with Crippen molar-refractivity contribution in [3.8, 4) is 6.07 Å². The molecule has 0 radical (unpaired) electrons. The maximum atomic E-state index is 13.0. The lowest BCUT2D eigenvalue weighted by Gasteiger charge is -2.04. The first-order chi connectivity index (χ1) is 6.20. The first kappa shape index (κ1) is 9.62. The van der Waals surface area contributed by atoms with Crippen LogP contribution in [0.5, 0.6) is 0 Å². The monoisotopic (exact) mass is 198 g/mol. The van der Waals surface area contributed by atoms with E-state index in [0.29, 0.717) is 0 Å². The van der Waals surface area contributed by atoms with Gasteiger partial charge in [0, 0.05) is 5.56 Å². The highest BCUT2D eigenvalue weighted by atomic mass is 35.5. The lowest BCUT2D eigenvalue weighted by atomic mass is 10.1. The third-order valence-electron chi connectivity index (χ3n) is 1.50. The zero-order valence-electron chi connectivity index (χ0n) is 6.37. The van der Waals surface area contributed by atoms with E-state index >= 15 is 0 Å². The van der Waals surface area contributed by atoms with Gasteiger partial charge in [0.1, 0.15) is 5.82 Å². The van der Waals surface area contributed by atoms with Crippen molar-refractivity contribution in [1.29, 1.82) is 5.26 Å². The van der Waals surface area contributed by atoms with E-state index in [-0.39, 0.29) is 10.6 Å². The standard InChI is InChI=1S/C8H4ClFN2O/c9-5-2-1-3-6(10)8(5)7(4-11)12-13/h1-3,7H. The highest BCUT2D eigenvalue weighted by molar-refractivity contribution is 6.31. The lowest BCUT2D eigenvalue weighted by molar-refractivity contribution is 0.603. The third-order valence-corrected chi connectivity index (χ3v) is 1.83. The van der Waals surface area contributed by atoms with Crippen molar-refractivity contribution in [2.75, 3.05) is 0 Å². The van der Waals surface area contributed by atoms with Crippen molar-refractivity contribution in [2.45, 2.75) is 6.04 Å². The van der Waals surface area contributed by atoms with Crippen LogP contribution in [-0.4, -0.2) is 0 Å². The number of hydrogen-bond acceptors (Lipinski definition) is 3. The number of benzene rings is 1. The van der Waals surface area contributed by atoms with Crippen molar-refractivity contribution in [2.24, 2.45) is 5.18 Å². The van der Waals surface area contributed by atoms with Crippen LogP contribution in [0.15, 0.2) is 23.4 Å². The summed E-state index contributed by atoms with van der Waals surface area (Å²) in [5.41, 5.74) is -0.165. The van der Waals surface area contributed by atoms with Gasteiger partial charge in [0.15, 0.2) is 0 Å². The molecule has 0 aromatic heterocycles. The minimum atomic E-state index is -1.38. The summed E-state index contributed by atoms with van der Waals surface area (Å²) in [7, 11) is 0. The normalized spacial score (nSPS) is 11.8. The van der Waals surface area contributed by atoms with Crippen LogP contribution in [0, 0.1) is 22.1 Å². The Morgan fingerprint density at radius 2 is 2.31 bits per heavy atom. The minimum Gasteiger partial charge on any atom is -0.207 e. The molecule has 0 aliphatic heterocycles. The Hall–Kier alpha value is -1.47. The zero-order valence-corrected chi connectivity index (χ0v) is 7.12. The summed E-state index contributed by atoms with van der Waals surface area (Å²) in [6, 6.07) is 4.07. The highest BCUT2D eigenvalue weighted by Crippen LogP contribution is 2.27. The average molecular weight is 199 g/mol. The fourth-order valence-electron chi connectivity index (χ4n) is 0.913. The van der Waals surface area contributed by atoms with Crippen LogP contribution in [-0.2, 0) is 0 Å². The van der Waals surface area contributed by atoms with E-state index < -0.39 is 11.9 Å². The van der Waals surface area contributed by atoms with Crippen LogP contribution in [0.4, 0.5) is 4.39 Å². The fourth-order valence-corrected chi connectivity index (χ4v) is 1.18. The Kier molecular flexibility index (Phi) is 2.93. The largest absolute Gasteiger partial charge is 0.207 e. The zero-order chi connectivity index (χ0) is 9.84. The number of nitrogens with zero attached hydrogens (tertiary/aromatic N) is 2. The van der Waals surface area contributed by atoms with Crippen molar-refractivity contribution in [3.05, 3.63) is 39.5 Å². The molecule has 3 nitrogen and oxygen atoms in total. The molecule has 13 heavy (non-hydrogen) atoms. The van der Waals surface area contributed by atoms with Gasteiger partial charge in [-0.2, -0.15) is 5.26 Å². The molecule has 1 atom stereocenters. The van der Waals surface area contributed by atoms with Gasteiger partial charge in [-0.25, -0.2) is 4.39 Å². The summed E-state index contributed by atoms with van der Waals surface area (Å²) >= 11 is 5.59. The second-order valence-electron chi connectivity index (χ2n) is 2.27. The Bertz CT molecular complexity index is 355. The number of nitroso groups, excluding NO2 is 1. The van der Waals surface area contributed by atoms with Crippen molar-refractivity contribution < 1.29 is 4.39 Å². The summed E-state index contributed by atoms with van der Waals surface area (Å²) in [5.74, 6) is -0.696. The molecule has 1 aromatic carbocycles. The number of halogens is 2. The van der Waals surface area contributed by atoms with Gasteiger partial charge < -0.3 is 0 Å². The molecule has 5 heteroatoms. The summed E-state index contributed by atoms with van der Waals surface area (Å²) in [5, 5.41) is 11.0. The minimum absolute atomic E-state index is 0.0335. The van der Waals surface area contributed by atoms with E-state index in [9.17, 15) is 9.30 Å². The quantitative estimate of drug-likeness (QED) is 0.686. The summed E-state index contributed by atoms with van der Waals surface area (Å²) < 4.78 is 13.0. The molecule has 0 aliphatic rings. The molecule has 1 rings (SSSR count). The molecule has 1 aromatic rings. The van der Waals surface area contributed by atoms with Gasteiger partial charge in [-0.1, -0.05) is 17.7 Å². The molecule has 0 saturated heterocycles. The third kappa shape index (κ3) is 1.82. The van der Waals surface area contributed by atoms with Gasteiger partial charge in [-0.05, 0) is 17.3 Å². The molecular weight excluding hydrogens is 195 g/mol. The first-order valence-corrected chi connectivity index (χ1v) is 3.74. The van der Waals surface area contributed by atoms with E-state index in [4.69, 9.17) is 16.9 Å². The molecule has 0 saturated carbocycles. The van der Waals surface area contributed by atoms with E-state index in [2.05, 4.69) is 5.18 Å². The molecule has 1 unspecified atom stereocenters. The molecule has 0 aliphatic carbocycles. The molecule has 0 spiro atoms. The molecule has 0 bridgehead atoms. The van der Waals surface area contributed by atoms with Crippen LogP contribution in [0.1, 0.15) is 11.6 Å². The topological polar surface area (TPSA) is 53.2 Å². The van der Waals surface area contributed by atoms with E-state index in [1.54, 1.807) is 6.07 Å². The molecule has 66 valence electrons. The van der Waals surface area contributed by atoms with Gasteiger partial charge in [-0.15, -0.1) is 4.91 Å². The van der Waals surface area contributed by atoms with Gasteiger partial charge in [-0.3, -0.25) is 0 Å². The van der Waals surface area contributed by atoms with E-state index in [0.717, 1.165) is 6.07 Å². The Morgan fingerprint density at radius 1 is 1.62 bits per heavy atom. The van der Waals surface area contributed by atoms with Gasteiger partial charge >= 0.3 is 0 Å². The Balaban J connectivity index is 3.28. The number of rotatable bonds is 2. The molecule has 0 heterocycles. The van der Waals surface area contributed by atoms with Crippen molar-refractivity contribution in [1.82, 2.24) is 0 Å². The first-order valence-electron chi connectivity index (χ1n) is 3.36. The lowest BCUT2D eigenvalue weighted by Crippen LogP contribution is -1.96. The predicted octanol–water partition coefficient (Wildman–Crippen LogP) is 2.81. The summed E-state index contributed by atoms with van der Waals surface area (Å²) in [4.78, 5) is 10.1. The van der Waals surface area contributed by atoms with Crippen molar-refractivity contribution in [3.63, 3.8) is 0 Å². The second-order valence-corrected chi connectivity index (χ2v) is 2.68. The van der Waals surface area contributed by atoms with Crippen LogP contribution < -0.4 is 0 Å². The molecular formula is C8H4ClFN2O. The van der Waals surface area contributed by atoms with E-state index in [1.807, 2.05) is 0 Å². The second kappa shape index (κ2) is 3.97. The Labute approximate surface area is 78.7 Å². The average Bonchev–Trinajstić information content (AvgIpc) is 2.11. The molecule has 0 amide bonds. The van der Waals surface area contributed by atoms with Crippen molar-refractivity contribution >= 4 is 11.6 Å². The van der Waals surface area contributed by atoms with Gasteiger partial charge in [0.05, 0.1) is 11.1 Å². The van der Waals surface area contributed by atoms with Gasteiger partial charge in [0.2, 0.25) is 6.04 Å². The highest BCUT2D eigenvalue weighted by Gasteiger charge is 2.18.